The molecule has 2 rings (SSSR count). The zero-order valence-electron chi connectivity index (χ0n) is 19.9. The van der Waals surface area contributed by atoms with Crippen LogP contribution in [0.25, 0.3) is 0 Å². The second-order valence-electron chi connectivity index (χ2n) is 8.16. The van der Waals surface area contributed by atoms with Gasteiger partial charge in [-0.15, -0.1) is 0 Å². The summed E-state index contributed by atoms with van der Waals surface area (Å²) in [5, 5.41) is 34.8. The van der Waals surface area contributed by atoms with Gasteiger partial charge in [0.25, 0.3) is 0 Å². The highest BCUT2D eigenvalue weighted by Crippen LogP contribution is 2.13. The third-order valence-electron chi connectivity index (χ3n) is 4.17. The minimum atomic E-state index is -1.33. The van der Waals surface area contributed by atoms with Crippen molar-refractivity contribution < 1.29 is 39.1 Å². The molecule has 0 aromatic carbocycles. The van der Waals surface area contributed by atoms with Crippen LogP contribution in [-0.2, 0) is 22.6 Å². The number of carboxylic acids is 2. The van der Waals surface area contributed by atoms with Gasteiger partial charge in [0, 0.05) is 32.1 Å². The van der Waals surface area contributed by atoms with Gasteiger partial charge >= 0.3 is 5.97 Å². The van der Waals surface area contributed by atoms with Gasteiger partial charge in [-0.2, -0.15) is 4.57 Å². The quantitative estimate of drug-likeness (QED) is 0.253. The first-order chi connectivity index (χ1) is 15.3. The summed E-state index contributed by atoms with van der Waals surface area (Å²) >= 11 is 1.65. The highest BCUT2D eigenvalue weighted by molar-refractivity contribution is 7.09. The molecule has 11 nitrogen and oxygen atoms in total. The van der Waals surface area contributed by atoms with E-state index in [1.807, 2.05) is 19.4 Å². The Morgan fingerprint density at radius 1 is 1.18 bits per heavy atom. The number of hydrogen-bond acceptors (Lipinski definition) is 9. The Bertz CT molecular complexity index is 869. The first kappa shape index (κ1) is 30.3. The van der Waals surface area contributed by atoms with E-state index in [-0.39, 0.29) is 19.6 Å². The lowest BCUT2D eigenvalue weighted by Crippen LogP contribution is -2.36. The third-order valence-corrected chi connectivity index (χ3v) is 5.31. The van der Waals surface area contributed by atoms with E-state index < -0.39 is 18.4 Å². The minimum Gasteiger partial charge on any atom is -0.550 e. The fraction of sp³-hybridized carbons (Fsp3) is 0.571. The summed E-state index contributed by atoms with van der Waals surface area (Å²) in [4.78, 5) is 28.7. The average Bonchev–Trinajstić information content (AvgIpc) is 3.02. The Kier molecular flexibility index (Phi) is 14.0. The monoisotopic (exact) mass is 486 g/mol. The number of carboxylic acid groups (broad SMARTS) is 2. The number of aryl methyl sites for hydroxylation is 1. The summed E-state index contributed by atoms with van der Waals surface area (Å²) in [6, 6.07) is 0. The van der Waals surface area contributed by atoms with Crippen LogP contribution in [0.3, 0.4) is 0 Å². The van der Waals surface area contributed by atoms with Crippen LogP contribution < -0.4 is 15.4 Å². The van der Waals surface area contributed by atoms with Gasteiger partial charge < -0.3 is 35.4 Å². The fourth-order valence-corrected chi connectivity index (χ4v) is 3.26. The molecule has 0 spiro atoms. The molecule has 0 aliphatic rings. The second kappa shape index (κ2) is 15.2. The molecule has 2 heterocycles. The van der Waals surface area contributed by atoms with Crippen molar-refractivity contribution in [3.63, 3.8) is 0 Å². The molecule has 0 radical (unpaired) electrons. The normalized spacial score (nSPS) is 10.5. The number of thiazole rings is 1. The van der Waals surface area contributed by atoms with Crippen LogP contribution in [0, 0.1) is 13.8 Å². The van der Waals surface area contributed by atoms with E-state index in [4.69, 9.17) is 21.1 Å². The summed E-state index contributed by atoms with van der Waals surface area (Å²) in [7, 11) is 6.16. The standard InChI is InChI=1S/C12H17N4OS.C5H14NO.C4H6O4/c1-8-11(3-4-17)18-7-16(8)6-10-5-14-9(2)15-12(10)13;1-6(2,3)4-5-7;5-3(6)1-2-4(7)8/h5,7,17H,3-4,6H2,1-2H3,(H2,13,14,15);7H,4-5H2,1-3H3;1-2H2,(H,5,6)(H,7,8)/q2*+1;/p-1. The molecule has 0 fully saturated rings. The summed E-state index contributed by atoms with van der Waals surface area (Å²) in [5.74, 6) is -1.23. The van der Waals surface area contributed by atoms with Gasteiger partial charge in [-0.1, -0.05) is 11.3 Å². The van der Waals surface area contributed by atoms with Crippen LogP contribution in [0.15, 0.2) is 11.7 Å². The summed E-state index contributed by atoms with van der Waals surface area (Å²) in [6.45, 7) is 5.83. The maximum absolute atomic E-state index is 9.61. The number of aliphatic hydroxyl groups excluding tert-OH is 2. The van der Waals surface area contributed by atoms with Crippen LogP contribution in [0.4, 0.5) is 5.82 Å². The van der Waals surface area contributed by atoms with E-state index in [1.54, 1.807) is 17.5 Å². The molecule has 2 aromatic heterocycles. The maximum atomic E-state index is 9.61. The summed E-state index contributed by atoms with van der Waals surface area (Å²) in [5.41, 5.74) is 10.0. The van der Waals surface area contributed by atoms with Gasteiger partial charge in [0.2, 0.25) is 5.51 Å². The van der Waals surface area contributed by atoms with Crippen molar-refractivity contribution in [1.29, 1.82) is 0 Å². The molecule has 33 heavy (non-hydrogen) atoms. The molecule has 0 unspecified atom stereocenters. The van der Waals surface area contributed by atoms with Crippen LogP contribution in [0.1, 0.15) is 34.8 Å². The first-order valence-corrected chi connectivity index (χ1v) is 11.2. The maximum Gasteiger partial charge on any atom is 0.303 e. The Hall–Kier alpha value is -2.67. The number of likely N-dealkylation sites (N-methyl/N-ethyl adjacent to an activating group) is 1. The van der Waals surface area contributed by atoms with Crippen LogP contribution in [0.2, 0.25) is 0 Å². The van der Waals surface area contributed by atoms with Gasteiger partial charge in [-0.05, 0) is 13.3 Å². The van der Waals surface area contributed by atoms with Gasteiger partial charge in [0.15, 0.2) is 12.2 Å². The number of aliphatic carboxylic acids is 2. The predicted molar refractivity (Wildman–Crippen MR) is 122 cm³/mol. The topological polar surface area (TPSA) is 174 Å². The van der Waals surface area contributed by atoms with Gasteiger partial charge in [0.05, 0.1) is 44.6 Å². The van der Waals surface area contributed by atoms with Crippen molar-refractivity contribution in [2.24, 2.45) is 0 Å². The molecule has 0 bridgehead atoms. The van der Waals surface area contributed by atoms with E-state index in [1.165, 1.54) is 4.88 Å². The molecular weight excluding hydrogens is 450 g/mol. The van der Waals surface area contributed by atoms with E-state index in [0.29, 0.717) is 24.6 Å². The molecule has 0 aliphatic heterocycles. The Morgan fingerprint density at radius 3 is 2.21 bits per heavy atom. The molecule has 5 N–H and O–H groups in total. The Morgan fingerprint density at radius 2 is 1.82 bits per heavy atom. The molecule has 0 saturated carbocycles. The number of quaternary nitrogens is 1. The number of carbonyl (C=O) groups excluding carboxylic acids is 1. The molecule has 12 heteroatoms. The number of aromatic nitrogens is 3. The number of aliphatic hydroxyl groups is 2. The molecule has 0 aliphatic carbocycles. The van der Waals surface area contributed by atoms with E-state index in [2.05, 4.69) is 35.7 Å². The van der Waals surface area contributed by atoms with Crippen molar-refractivity contribution >= 4 is 29.1 Å². The van der Waals surface area contributed by atoms with Crippen LogP contribution in [-0.4, -0.2) is 82.6 Å². The first-order valence-electron chi connectivity index (χ1n) is 10.3. The van der Waals surface area contributed by atoms with Crippen molar-refractivity contribution in [2.45, 2.75) is 39.7 Å². The van der Waals surface area contributed by atoms with Crippen molar-refractivity contribution in [1.82, 2.24) is 9.97 Å². The SMILES string of the molecule is C[N+](C)(C)CCO.Cc1ncc(C[n+]2csc(CCO)c2C)c(N)n1.O=C([O-])CCC(=O)O. The van der Waals surface area contributed by atoms with E-state index in [9.17, 15) is 14.7 Å². The van der Waals surface area contributed by atoms with Crippen molar-refractivity contribution in [3.05, 3.63) is 33.7 Å². The van der Waals surface area contributed by atoms with Gasteiger partial charge in [-0.3, -0.25) is 4.79 Å². The van der Waals surface area contributed by atoms with Crippen molar-refractivity contribution in [2.75, 3.05) is 46.6 Å². The fourth-order valence-electron chi connectivity index (χ4n) is 2.28. The molecular formula is C21H36N5O6S+. The molecule has 0 saturated heterocycles. The smallest absolute Gasteiger partial charge is 0.303 e. The highest BCUT2D eigenvalue weighted by atomic mass is 32.1. The Labute approximate surface area is 198 Å². The number of nitrogens with zero attached hydrogens (tertiary/aromatic N) is 4. The van der Waals surface area contributed by atoms with Gasteiger partial charge in [-0.25, -0.2) is 9.97 Å². The lowest BCUT2D eigenvalue weighted by molar-refractivity contribution is -0.870. The zero-order valence-corrected chi connectivity index (χ0v) is 20.8. The predicted octanol–water partition coefficient (Wildman–Crippen LogP) is -1.11. The number of nitrogens with two attached hydrogens (primary N) is 1. The summed E-state index contributed by atoms with van der Waals surface area (Å²) in [6.07, 6.45) is 1.70. The van der Waals surface area contributed by atoms with Crippen LogP contribution in [0.5, 0.6) is 0 Å². The zero-order chi connectivity index (χ0) is 25.6. The van der Waals surface area contributed by atoms with Crippen molar-refractivity contribution in [3.8, 4) is 0 Å². The minimum absolute atomic E-state index is 0.178. The summed E-state index contributed by atoms with van der Waals surface area (Å²) < 4.78 is 2.95. The molecule has 0 atom stereocenters. The molecule has 0 amide bonds. The number of nitrogen functional groups attached to an aromatic ring is 1. The number of anilines is 1. The third kappa shape index (κ3) is 14.2. The van der Waals surface area contributed by atoms with E-state index in [0.717, 1.165) is 22.3 Å². The molecule has 2 aromatic rings. The second-order valence-corrected chi connectivity index (χ2v) is 9.10. The number of hydrogen-bond donors (Lipinski definition) is 4. The largest absolute Gasteiger partial charge is 0.550 e. The van der Waals surface area contributed by atoms with Crippen LogP contribution >= 0.6 is 11.3 Å². The number of carbonyl (C=O) groups is 2. The van der Waals surface area contributed by atoms with Gasteiger partial charge in [0.1, 0.15) is 18.2 Å². The average molecular weight is 487 g/mol. The lowest BCUT2D eigenvalue weighted by Gasteiger charge is -2.21. The lowest BCUT2D eigenvalue weighted by atomic mass is 10.2. The molecule has 186 valence electrons. The Balaban J connectivity index is 0.000000569. The highest BCUT2D eigenvalue weighted by Gasteiger charge is 2.17. The number of rotatable bonds is 9. The van der Waals surface area contributed by atoms with E-state index >= 15 is 0 Å².